The fourth-order valence-corrected chi connectivity index (χ4v) is 3.30. The van der Waals surface area contributed by atoms with Crippen LogP contribution in [0.2, 0.25) is 0 Å². The second-order valence-electron chi connectivity index (χ2n) is 6.17. The first-order valence-corrected chi connectivity index (χ1v) is 8.17. The van der Waals surface area contributed by atoms with Gasteiger partial charge in [-0.2, -0.15) is 0 Å². The lowest BCUT2D eigenvalue weighted by Crippen LogP contribution is -2.39. The molecule has 27 heavy (non-hydrogen) atoms. The van der Waals surface area contributed by atoms with Gasteiger partial charge in [-0.05, 0) is 24.3 Å². The smallest absolute Gasteiger partial charge is 0.270 e. The highest BCUT2D eigenvalue weighted by Crippen LogP contribution is 2.28. The molecular weight excluding hydrogens is 350 g/mol. The van der Waals surface area contributed by atoms with Crippen LogP contribution in [0.25, 0.3) is 0 Å². The second kappa shape index (κ2) is 5.87. The fourth-order valence-electron chi connectivity index (χ4n) is 3.30. The Kier molecular flexibility index (Phi) is 3.62. The summed E-state index contributed by atoms with van der Waals surface area (Å²) in [5.41, 5.74) is 6.44. The first-order chi connectivity index (χ1) is 12.9. The summed E-state index contributed by atoms with van der Waals surface area (Å²) in [7, 11) is 0. The number of imide groups is 4. The van der Waals surface area contributed by atoms with Gasteiger partial charge in [0.25, 0.3) is 23.6 Å². The third-order valence-corrected chi connectivity index (χ3v) is 4.62. The molecule has 0 bridgehead atoms. The van der Waals surface area contributed by atoms with Crippen LogP contribution in [0.1, 0.15) is 47.9 Å². The molecule has 2 aliphatic rings. The summed E-state index contributed by atoms with van der Waals surface area (Å²) in [5.74, 6) is -3.35. The lowest BCUT2D eigenvalue weighted by Gasteiger charge is -2.16. The van der Waals surface area contributed by atoms with E-state index in [1.165, 1.54) is 30.3 Å². The van der Waals surface area contributed by atoms with Crippen molar-refractivity contribution in [2.75, 3.05) is 12.3 Å². The van der Waals surface area contributed by atoms with Gasteiger partial charge in [0.05, 0.1) is 22.3 Å². The lowest BCUT2D eigenvalue weighted by atomic mass is 10.1. The van der Waals surface area contributed by atoms with E-state index in [2.05, 4.69) is 0 Å². The zero-order valence-corrected chi connectivity index (χ0v) is 14.0. The van der Waals surface area contributed by atoms with Crippen LogP contribution < -0.4 is 5.73 Å². The van der Waals surface area contributed by atoms with Gasteiger partial charge in [-0.1, -0.05) is 18.2 Å². The highest BCUT2D eigenvalue weighted by Gasteiger charge is 2.42. The molecule has 4 rings (SSSR count). The molecule has 5 amide bonds. The van der Waals surface area contributed by atoms with Crippen molar-refractivity contribution in [2.24, 2.45) is 0 Å². The highest BCUT2D eigenvalue weighted by molar-refractivity contribution is 6.30. The molecule has 0 saturated heterocycles. The number of anilines is 1. The van der Waals surface area contributed by atoms with Crippen molar-refractivity contribution in [3.63, 3.8) is 0 Å². The van der Waals surface area contributed by atoms with Crippen molar-refractivity contribution in [1.82, 2.24) is 9.80 Å². The maximum Gasteiger partial charge on any atom is 0.270 e. The molecule has 0 fully saturated rings. The minimum Gasteiger partial charge on any atom is -0.398 e. The standard InChI is InChI=1S/C19H13N3O5/c20-13-7-3-6-12-15(13)19(27)22(18(12)26)14(23)8-9-21-16(24)10-4-1-2-5-11(10)17(21)25/h1-7H,8-9,20H2. The van der Waals surface area contributed by atoms with Gasteiger partial charge in [0.2, 0.25) is 5.91 Å². The van der Waals surface area contributed by atoms with Crippen molar-refractivity contribution in [3.8, 4) is 0 Å². The monoisotopic (exact) mass is 363 g/mol. The van der Waals surface area contributed by atoms with Gasteiger partial charge >= 0.3 is 0 Å². The van der Waals surface area contributed by atoms with Crippen LogP contribution in [-0.4, -0.2) is 45.9 Å². The summed E-state index contributed by atoms with van der Waals surface area (Å²) in [5, 5.41) is 0. The van der Waals surface area contributed by atoms with E-state index in [4.69, 9.17) is 5.73 Å². The molecule has 0 spiro atoms. The molecule has 0 atom stereocenters. The Morgan fingerprint density at radius 2 is 1.37 bits per heavy atom. The third-order valence-electron chi connectivity index (χ3n) is 4.62. The zero-order chi connectivity index (χ0) is 19.3. The van der Waals surface area contributed by atoms with E-state index < -0.39 is 29.5 Å². The van der Waals surface area contributed by atoms with E-state index in [9.17, 15) is 24.0 Å². The van der Waals surface area contributed by atoms with Crippen LogP contribution in [0.3, 0.4) is 0 Å². The predicted octanol–water partition coefficient (Wildman–Crippen LogP) is 1.08. The van der Waals surface area contributed by atoms with Gasteiger partial charge in [0.15, 0.2) is 0 Å². The minimum atomic E-state index is -0.794. The van der Waals surface area contributed by atoms with Crippen LogP contribution >= 0.6 is 0 Å². The van der Waals surface area contributed by atoms with E-state index in [1.807, 2.05) is 0 Å². The van der Waals surface area contributed by atoms with Crippen molar-refractivity contribution < 1.29 is 24.0 Å². The van der Waals surface area contributed by atoms with E-state index in [-0.39, 0.29) is 40.9 Å². The molecule has 0 aliphatic carbocycles. The number of amides is 5. The number of carbonyl (C=O) groups is 5. The Balaban J connectivity index is 1.51. The van der Waals surface area contributed by atoms with Gasteiger partial charge in [0.1, 0.15) is 0 Å². The van der Waals surface area contributed by atoms with Crippen LogP contribution in [0, 0.1) is 0 Å². The van der Waals surface area contributed by atoms with E-state index in [1.54, 1.807) is 12.1 Å². The molecule has 0 radical (unpaired) electrons. The van der Waals surface area contributed by atoms with E-state index in [0.717, 1.165) is 4.90 Å². The molecule has 2 heterocycles. The maximum absolute atomic E-state index is 12.5. The molecule has 0 unspecified atom stereocenters. The number of carbonyl (C=O) groups excluding carboxylic acids is 5. The number of benzene rings is 2. The van der Waals surface area contributed by atoms with Gasteiger partial charge < -0.3 is 5.73 Å². The normalized spacial score (nSPS) is 15.4. The number of hydrogen-bond donors (Lipinski definition) is 1. The first-order valence-electron chi connectivity index (χ1n) is 8.17. The number of nitrogens with zero attached hydrogens (tertiary/aromatic N) is 2. The Bertz CT molecular complexity index is 1020. The van der Waals surface area contributed by atoms with Gasteiger partial charge in [-0.15, -0.1) is 0 Å². The molecule has 0 saturated carbocycles. The van der Waals surface area contributed by atoms with Crippen LogP contribution in [0.15, 0.2) is 42.5 Å². The maximum atomic E-state index is 12.5. The summed E-state index contributed by atoms with van der Waals surface area (Å²) in [4.78, 5) is 63.4. The van der Waals surface area contributed by atoms with E-state index in [0.29, 0.717) is 4.90 Å². The molecule has 2 aromatic carbocycles. The Morgan fingerprint density at radius 3 is 1.96 bits per heavy atom. The van der Waals surface area contributed by atoms with Crippen LogP contribution in [0.5, 0.6) is 0 Å². The van der Waals surface area contributed by atoms with Gasteiger partial charge in [-0.3, -0.25) is 28.9 Å². The predicted molar refractivity (Wildman–Crippen MR) is 92.8 cm³/mol. The number of nitrogens with two attached hydrogens (primary N) is 1. The molecule has 2 N–H and O–H groups in total. The third kappa shape index (κ3) is 2.34. The summed E-state index contributed by atoms with van der Waals surface area (Å²) in [6.45, 7) is -0.228. The van der Waals surface area contributed by atoms with Crippen molar-refractivity contribution in [1.29, 1.82) is 0 Å². The minimum absolute atomic E-state index is 0.00317. The number of hydrogen-bond acceptors (Lipinski definition) is 6. The molecule has 134 valence electrons. The average Bonchev–Trinajstić information content (AvgIpc) is 3.06. The lowest BCUT2D eigenvalue weighted by molar-refractivity contribution is -0.126. The summed E-state index contributed by atoms with van der Waals surface area (Å²) >= 11 is 0. The van der Waals surface area contributed by atoms with Gasteiger partial charge in [0, 0.05) is 18.7 Å². The number of rotatable bonds is 3. The summed E-state index contributed by atoms with van der Waals surface area (Å²) in [6, 6.07) is 10.8. The van der Waals surface area contributed by atoms with Gasteiger partial charge in [-0.25, -0.2) is 4.90 Å². The molecule has 8 heteroatoms. The summed E-state index contributed by atoms with van der Waals surface area (Å²) in [6.07, 6.45) is -0.350. The Labute approximate surface area is 153 Å². The molecular formula is C19H13N3O5. The average molecular weight is 363 g/mol. The quantitative estimate of drug-likeness (QED) is 0.644. The molecule has 2 aromatic rings. The molecule has 8 nitrogen and oxygen atoms in total. The topological polar surface area (TPSA) is 118 Å². The molecule has 0 aromatic heterocycles. The Hall–Kier alpha value is -3.81. The summed E-state index contributed by atoms with van der Waals surface area (Å²) < 4.78 is 0. The second-order valence-corrected chi connectivity index (χ2v) is 6.17. The first kappa shape index (κ1) is 16.6. The van der Waals surface area contributed by atoms with E-state index >= 15 is 0 Å². The van der Waals surface area contributed by atoms with Crippen molar-refractivity contribution in [3.05, 3.63) is 64.7 Å². The number of fused-ring (bicyclic) bond motifs is 2. The molecule has 2 aliphatic heterocycles. The van der Waals surface area contributed by atoms with Crippen molar-refractivity contribution >= 4 is 35.2 Å². The van der Waals surface area contributed by atoms with Crippen LogP contribution in [0.4, 0.5) is 5.69 Å². The highest BCUT2D eigenvalue weighted by atomic mass is 16.2. The largest absolute Gasteiger partial charge is 0.398 e. The Morgan fingerprint density at radius 1 is 0.778 bits per heavy atom. The fraction of sp³-hybridized carbons (Fsp3) is 0.105. The number of nitrogen functional groups attached to an aromatic ring is 1. The zero-order valence-electron chi connectivity index (χ0n) is 14.0. The van der Waals surface area contributed by atoms with Crippen LogP contribution in [-0.2, 0) is 4.79 Å². The SMILES string of the molecule is Nc1cccc2c1C(=O)N(C(=O)CCN1C(=O)c3ccccc3C1=O)C2=O. The van der Waals surface area contributed by atoms with Crippen molar-refractivity contribution in [2.45, 2.75) is 6.42 Å².